The van der Waals surface area contributed by atoms with E-state index in [1.54, 1.807) is 0 Å². The van der Waals surface area contributed by atoms with Crippen molar-refractivity contribution in [3.05, 3.63) is 152 Å². The molecule has 2 unspecified atom stereocenters. The first-order valence-corrected chi connectivity index (χ1v) is 25.0. The van der Waals surface area contributed by atoms with Crippen molar-refractivity contribution >= 4 is 53.6 Å². The maximum Gasteiger partial charge on any atom is 0.118 e. The molecule has 4 aromatic rings. The zero-order chi connectivity index (χ0) is 41.0. The van der Waals surface area contributed by atoms with Gasteiger partial charge in [0.15, 0.2) is 0 Å². The molecule has 9 rings (SSSR count). The number of hydrogen-bond acceptors (Lipinski definition) is 2. The van der Waals surface area contributed by atoms with Gasteiger partial charge in [-0.1, -0.05) is 136 Å². The van der Waals surface area contributed by atoms with Gasteiger partial charge in [0.2, 0.25) is 0 Å². The Labute approximate surface area is 385 Å². The van der Waals surface area contributed by atoms with Crippen molar-refractivity contribution in [1.82, 2.24) is 0 Å². The molecule has 4 aromatic carbocycles. The number of aryl methyl sites for hydroxylation is 6. The summed E-state index contributed by atoms with van der Waals surface area (Å²) in [4.78, 5) is 5.34. The molecule has 4 aliphatic carbocycles. The zero-order valence-electron chi connectivity index (χ0n) is 36.7. The van der Waals surface area contributed by atoms with Crippen LogP contribution in [-0.2, 0) is 19.5 Å². The van der Waals surface area contributed by atoms with Crippen LogP contribution in [0.5, 0.6) is 0 Å². The van der Waals surface area contributed by atoms with Gasteiger partial charge in [0.05, 0.1) is 9.99 Å². The van der Waals surface area contributed by atoms with Gasteiger partial charge in [-0.15, -0.1) is 23.2 Å². The molecule has 2 atom stereocenters. The minimum absolute atomic E-state index is 0. The van der Waals surface area contributed by atoms with E-state index in [-0.39, 0.29) is 24.9 Å². The van der Waals surface area contributed by atoms with E-state index in [1.165, 1.54) is 154 Å². The first-order valence-electron chi connectivity index (χ1n) is 22.7. The summed E-state index contributed by atoms with van der Waals surface area (Å²) in [6.45, 7) is 15.5. The molecule has 1 aliphatic heterocycles. The van der Waals surface area contributed by atoms with Crippen LogP contribution in [-0.4, -0.2) is 34.4 Å². The van der Waals surface area contributed by atoms with E-state index in [2.05, 4.69) is 136 Å². The Bertz CT molecular complexity index is 2200. The largest absolute Gasteiger partial charge is 0.325 e. The topological polar surface area (TPSA) is 6.48 Å². The number of benzene rings is 4. The number of anilines is 2. The fourth-order valence-electron chi connectivity index (χ4n) is 12.2. The second kappa shape index (κ2) is 18.2. The van der Waals surface area contributed by atoms with Crippen molar-refractivity contribution in [1.29, 1.82) is 0 Å². The van der Waals surface area contributed by atoms with E-state index in [4.69, 9.17) is 23.2 Å². The van der Waals surface area contributed by atoms with Gasteiger partial charge >= 0.3 is 0 Å². The molecule has 3 saturated carbocycles. The summed E-state index contributed by atoms with van der Waals surface area (Å²) in [5.74, 6) is 1.25. The second-order valence-electron chi connectivity index (χ2n) is 18.5. The van der Waals surface area contributed by atoms with Crippen molar-refractivity contribution in [3.63, 3.8) is 0 Å². The van der Waals surface area contributed by atoms with Gasteiger partial charge in [-0.25, -0.2) is 0 Å². The van der Waals surface area contributed by atoms with E-state index < -0.39 is 12.5 Å². The van der Waals surface area contributed by atoms with Gasteiger partial charge in [0, 0.05) is 49.5 Å². The average molecular weight is 943 g/mol. The van der Waals surface area contributed by atoms with Gasteiger partial charge in [0.25, 0.3) is 0 Å². The van der Waals surface area contributed by atoms with Crippen LogP contribution in [0.1, 0.15) is 127 Å². The fraction of sp³-hybridized carbons (Fsp3) is 0.444. The molecule has 4 fully saturated rings. The van der Waals surface area contributed by atoms with Gasteiger partial charge in [0.1, 0.15) is 5.82 Å². The molecular weight excluding hydrogens is 880 g/mol. The predicted octanol–water partition coefficient (Wildman–Crippen LogP) is 15.5. The zero-order valence-corrected chi connectivity index (χ0v) is 40.8. The van der Waals surface area contributed by atoms with E-state index >= 15 is 0 Å². The van der Waals surface area contributed by atoms with E-state index in [0.29, 0.717) is 11.3 Å². The quantitative estimate of drug-likeness (QED) is 0.108. The number of hydrogen-bond donors (Lipinski definition) is 0. The van der Waals surface area contributed by atoms with Crippen molar-refractivity contribution in [2.24, 2.45) is 0 Å². The number of rotatable bonds is 6. The summed E-state index contributed by atoms with van der Waals surface area (Å²) in [6.07, 6.45) is 17.7. The van der Waals surface area contributed by atoms with Crippen LogP contribution in [0, 0.1) is 41.5 Å². The maximum atomic E-state index is 9.02. The van der Waals surface area contributed by atoms with Crippen LogP contribution in [0.4, 0.5) is 11.4 Å². The number of allylic oxidation sites excluding steroid dienone is 4. The number of halogens is 2. The summed E-state index contributed by atoms with van der Waals surface area (Å²) in [5, 5.41) is -0.185. The normalized spacial score (nSPS) is 23.9. The molecule has 60 heavy (non-hydrogen) atoms. The molecular formula is C54H63Cl2N2PRu. The maximum absolute atomic E-state index is 9.02. The Kier molecular flexibility index (Phi) is 13.3. The van der Waals surface area contributed by atoms with Crippen molar-refractivity contribution < 1.29 is 19.5 Å². The summed E-state index contributed by atoms with van der Waals surface area (Å²) in [7, 11) is -0.593. The summed E-state index contributed by atoms with van der Waals surface area (Å²) in [6, 6.07) is 29.7. The summed E-state index contributed by atoms with van der Waals surface area (Å²) >= 11 is 17.1. The SMILES string of the molecule is Cc1cc(C)c(N2CCN(c3c(C)cc(C)cc3C)C2=C2C(=C3C=C(c4ccccc4)c4ccccc43)C(Cl)(P(C3CCCCC3)C3CCCCC3)CCC2Cl)c(C)c1.[Ru]. The molecule has 2 nitrogen and oxygen atoms in total. The van der Waals surface area contributed by atoms with Crippen LogP contribution in [0.2, 0.25) is 0 Å². The Morgan fingerprint density at radius 1 is 0.600 bits per heavy atom. The van der Waals surface area contributed by atoms with E-state index in [1.807, 2.05) is 0 Å². The predicted molar refractivity (Wildman–Crippen MR) is 258 cm³/mol. The number of nitrogens with zero attached hydrogens (tertiary/aromatic N) is 2. The van der Waals surface area contributed by atoms with Crippen LogP contribution in [0.3, 0.4) is 0 Å². The first-order chi connectivity index (χ1) is 28.5. The van der Waals surface area contributed by atoms with E-state index in [0.717, 1.165) is 25.9 Å². The third-order valence-electron chi connectivity index (χ3n) is 14.3. The van der Waals surface area contributed by atoms with Gasteiger partial charge in [-0.2, -0.15) is 0 Å². The number of fused-ring (bicyclic) bond motifs is 1. The molecule has 0 amide bonds. The minimum Gasteiger partial charge on any atom is -0.325 e. The molecule has 0 aromatic heterocycles. The monoisotopic (exact) mass is 942 g/mol. The Morgan fingerprint density at radius 2 is 1.07 bits per heavy atom. The molecule has 1 saturated heterocycles. The number of alkyl halides is 2. The second-order valence-corrected chi connectivity index (χ2v) is 23.0. The minimum atomic E-state index is -0.593. The van der Waals surface area contributed by atoms with E-state index in [9.17, 15) is 0 Å². The molecule has 1 heterocycles. The Morgan fingerprint density at radius 3 is 1.57 bits per heavy atom. The molecule has 6 heteroatoms. The van der Waals surface area contributed by atoms with Gasteiger partial charge in [-0.3, -0.25) is 0 Å². The third kappa shape index (κ3) is 7.95. The van der Waals surface area contributed by atoms with Crippen LogP contribution < -0.4 is 9.80 Å². The van der Waals surface area contributed by atoms with Crippen LogP contribution >= 0.6 is 31.1 Å². The van der Waals surface area contributed by atoms with Crippen molar-refractivity contribution in [3.8, 4) is 0 Å². The Hall–Kier alpha value is -2.67. The molecule has 0 radical (unpaired) electrons. The van der Waals surface area contributed by atoms with Crippen molar-refractivity contribution in [2.45, 2.75) is 140 Å². The van der Waals surface area contributed by atoms with Gasteiger partial charge in [-0.05, 0) is 153 Å². The molecule has 0 spiro atoms. The standard InChI is InChI=1S/C54H63Cl2N2P.Ru/c1-35-30-37(3)51(38(4)31-35)57-28-29-58(52-39(5)32-36(2)33-40(52)6)53(57)49-48(55)26-27-54(56,59(42-20-12-8-13-21-42)43-22-14-9-15-23-43)50(49)47-34-46(41-18-10-7-11-19-41)44-24-16-17-25-45(44)47;/h7,10-11,16-19,24-25,30-34,42-43,48H,8-9,12-15,20-23,26-29H2,1-6H3;. The first kappa shape index (κ1) is 44.0. The summed E-state index contributed by atoms with van der Waals surface area (Å²) < 4.78 is -0.507. The third-order valence-corrected chi connectivity index (χ3v) is 19.6. The van der Waals surface area contributed by atoms with Crippen molar-refractivity contribution in [2.75, 3.05) is 22.9 Å². The smallest absolute Gasteiger partial charge is 0.118 e. The molecule has 0 bridgehead atoms. The molecule has 316 valence electrons. The average Bonchev–Trinajstić information content (AvgIpc) is 3.81. The van der Waals surface area contributed by atoms with Crippen LogP contribution in [0.15, 0.2) is 102 Å². The summed E-state index contributed by atoms with van der Waals surface area (Å²) in [5.41, 5.74) is 21.0. The fourth-order valence-corrected chi connectivity index (χ4v) is 18.1. The Balaban J connectivity index is 0.00000499. The molecule has 5 aliphatic rings. The molecule has 0 N–H and O–H groups in total. The van der Waals surface area contributed by atoms with Crippen LogP contribution in [0.25, 0.3) is 11.1 Å². The van der Waals surface area contributed by atoms with Gasteiger partial charge < -0.3 is 9.80 Å².